The molecular weight excluding hydrogens is 881 g/mol. The second-order valence-electron chi connectivity index (χ2n) is 18.8. The average Bonchev–Trinajstić information content (AvgIpc) is 3.89. The number of hydrogen-bond donors (Lipinski definition) is 4. The van der Waals surface area contributed by atoms with Gasteiger partial charge in [0.2, 0.25) is 11.8 Å². The summed E-state index contributed by atoms with van der Waals surface area (Å²) in [5, 5.41) is 14.7. The summed E-state index contributed by atoms with van der Waals surface area (Å²) in [5.74, 6) is -0.503. The Hall–Kier alpha value is -5.88. The summed E-state index contributed by atoms with van der Waals surface area (Å²) in [4.78, 5) is 70.3. The zero-order chi connectivity index (χ0) is 47.8. The molecule has 2 aromatic heterocycles. The van der Waals surface area contributed by atoms with E-state index in [0.29, 0.717) is 73.9 Å². The van der Waals surface area contributed by atoms with Crippen LogP contribution in [0.1, 0.15) is 90.0 Å². The van der Waals surface area contributed by atoms with Crippen LogP contribution in [0.2, 0.25) is 5.02 Å². The maximum atomic E-state index is 14.2. The van der Waals surface area contributed by atoms with Gasteiger partial charge in [-0.25, -0.2) is 14.8 Å². The minimum Gasteiger partial charge on any atom is -0.465 e. The molecule has 3 fully saturated rings. The van der Waals surface area contributed by atoms with Crippen LogP contribution in [0.15, 0.2) is 60.9 Å². The van der Waals surface area contributed by atoms with Crippen LogP contribution in [-0.4, -0.2) is 111 Å². The van der Waals surface area contributed by atoms with Crippen molar-refractivity contribution in [2.75, 3.05) is 36.4 Å². The van der Waals surface area contributed by atoms with Gasteiger partial charge in [0, 0.05) is 67.2 Å². The average molecular weight is 937 g/mol. The molecule has 4 N–H and O–H groups in total. The van der Waals surface area contributed by atoms with Crippen LogP contribution in [0, 0.1) is 17.3 Å². The quantitative estimate of drug-likeness (QED) is 0.120. The molecule has 0 spiro atoms. The third kappa shape index (κ3) is 11.0. The van der Waals surface area contributed by atoms with Gasteiger partial charge in [-0.3, -0.25) is 14.4 Å². The summed E-state index contributed by atoms with van der Waals surface area (Å²) >= 11 is 6.61. The van der Waals surface area contributed by atoms with Crippen LogP contribution < -0.4 is 20.3 Å². The fraction of sp³-hybridized carbons (Fsp3) is 0.489. The van der Waals surface area contributed by atoms with Crippen molar-refractivity contribution in [3.8, 4) is 28.1 Å². The van der Waals surface area contributed by atoms with E-state index in [2.05, 4.69) is 25.3 Å². The second-order valence-corrected chi connectivity index (χ2v) is 19.2. The van der Waals surface area contributed by atoms with E-state index in [1.807, 2.05) is 58.3 Å². The molecule has 5 heterocycles. The van der Waals surface area contributed by atoms with Crippen LogP contribution in [0.25, 0.3) is 22.4 Å². The number of halogens is 4. The lowest BCUT2D eigenvalue weighted by Gasteiger charge is -2.42. The number of likely N-dealkylation sites (tertiary alicyclic amines) is 1. The number of nitrogens with one attached hydrogen (secondary N) is 3. The molecule has 0 radical (unpaired) electrons. The van der Waals surface area contributed by atoms with Gasteiger partial charge in [-0.15, -0.1) is 13.2 Å². The Balaban J connectivity index is 1.05. The number of ether oxygens (including phenoxy) is 2. The maximum Gasteiger partial charge on any atom is 0.573 e. The highest BCUT2D eigenvalue weighted by Gasteiger charge is 2.43. The largest absolute Gasteiger partial charge is 0.573 e. The topological polar surface area (TPSA) is 182 Å². The van der Waals surface area contributed by atoms with Gasteiger partial charge in [0.1, 0.15) is 23.4 Å². The van der Waals surface area contributed by atoms with E-state index in [0.717, 1.165) is 6.07 Å². The van der Waals surface area contributed by atoms with Crippen molar-refractivity contribution in [1.29, 1.82) is 0 Å². The number of piperazine rings is 1. The van der Waals surface area contributed by atoms with Crippen molar-refractivity contribution in [3.05, 3.63) is 77.3 Å². The number of anilines is 2. The number of carboxylic acid groups (broad SMARTS) is 1. The Labute approximate surface area is 386 Å². The molecule has 3 aliphatic rings. The first-order valence-electron chi connectivity index (χ1n) is 22.1. The number of aromatic amines is 1. The zero-order valence-corrected chi connectivity index (χ0v) is 38.7. The van der Waals surface area contributed by atoms with Gasteiger partial charge in [0.25, 0.3) is 5.91 Å². The van der Waals surface area contributed by atoms with Crippen LogP contribution in [0.4, 0.5) is 29.5 Å². The predicted octanol–water partition coefficient (Wildman–Crippen LogP) is 8.78. The molecule has 0 bridgehead atoms. The molecule has 0 aliphatic carbocycles. The lowest BCUT2D eigenvalue weighted by atomic mass is 9.85. The fourth-order valence-electron chi connectivity index (χ4n) is 9.37. The summed E-state index contributed by atoms with van der Waals surface area (Å²) in [6.45, 7) is 15.5. The summed E-state index contributed by atoms with van der Waals surface area (Å²) in [5.41, 5.74) is 1.03. The molecule has 0 saturated carbocycles. The van der Waals surface area contributed by atoms with Crippen LogP contribution in [0.5, 0.6) is 5.75 Å². The van der Waals surface area contributed by atoms with Gasteiger partial charge in [-0.2, -0.15) is 0 Å². The van der Waals surface area contributed by atoms with Gasteiger partial charge in [0.15, 0.2) is 0 Å². The highest BCUT2D eigenvalue weighted by molar-refractivity contribution is 6.34. The SMILES string of the molecule is C[C@H]1C[C@@H](c2nc(-c3ccc(-c4cc(Cl)c(NC(=O)c5ccc(N6CCN(C(=O)C(C)(C)C)C[C@H]6C)nc5)cc4OC(F)(F)F)cc3)c[nH]2)N(C(=O)[C@@H](NC(=O)O)C2C[C@H](C)O[C@@H](C)C2)C1. The third-order valence-electron chi connectivity index (χ3n) is 12.4. The molecule has 15 nitrogen and oxygen atoms in total. The molecule has 3 saturated heterocycles. The van der Waals surface area contributed by atoms with Crippen molar-refractivity contribution in [2.24, 2.45) is 17.3 Å². The van der Waals surface area contributed by atoms with Crippen molar-refractivity contribution >= 4 is 46.9 Å². The normalized spacial score (nSPS) is 23.0. The predicted molar refractivity (Wildman–Crippen MR) is 242 cm³/mol. The number of pyridine rings is 1. The van der Waals surface area contributed by atoms with E-state index >= 15 is 0 Å². The number of imidazole rings is 1. The van der Waals surface area contributed by atoms with E-state index in [-0.39, 0.29) is 63.7 Å². The van der Waals surface area contributed by atoms with E-state index in [4.69, 9.17) is 21.3 Å². The van der Waals surface area contributed by atoms with Crippen LogP contribution >= 0.6 is 11.6 Å². The molecule has 354 valence electrons. The van der Waals surface area contributed by atoms with Gasteiger partial charge in [-0.05, 0) is 75.6 Å². The lowest BCUT2D eigenvalue weighted by molar-refractivity contribution is -0.274. The van der Waals surface area contributed by atoms with Crippen molar-refractivity contribution in [2.45, 2.75) is 104 Å². The molecular formula is C47H56ClF3N8O7. The first-order chi connectivity index (χ1) is 31.0. The van der Waals surface area contributed by atoms with Gasteiger partial charge in [-0.1, -0.05) is 63.6 Å². The Morgan fingerprint density at radius 2 is 1.62 bits per heavy atom. The standard InChI is InChI=1S/C47H56ClF3N8O7/c1-25-16-37(59(23-25)43(61)40(56-45(63)64)32-17-27(3)65-28(4)18-32)41-53-22-36(54-41)30-10-8-29(9-11-30)33-19-34(48)35(20-38(33)66-47(49,50)51)55-42(60)31-12-13-39(52-21-31)58-15-14-57(24-26(58)2)44(62)46(5,6)7/h8-13,19-22,25-28,32,37,40,56H,14-18,23-24H2,1-7H3,(H,53,54)(H,55,60)(H,63,64)/t25-,26+,27-,28-,37-,40-/m0/s1. The summed E-state index contributed by atoms with van der Waals surface area (Å²) < 4.78 is 51.8. The molecule has 7 rings (SSSR count). The number of rotatable bonds is 10. The minimum atomic E-state index is -5.07. The number of amides is 4. The first-order valence-corrected chi connectivity index (χ1v) is 22.5. The highest BCUT2D eigenvalue weighted by atomic mass is 35.5. The molecule has 66 heavy (non-hydrogen) atoms. The molecule has 19 heteroatoms. The number of aromatic nitrogens is 3. The van der Waals surface area contributed by atoms with E-state index in [1.54, 1.807) is 47.5 Å². The highest BCUT2D eigenvalue weighted by Crippen LogP contribution is 2.42. The number of H-pyrrole nitrogens is 1. The smallest absolute Gasteiger partial charge is 0.465 e. The zero-order valence-electron chi connectivity index (χ0n) is 37.9. The first kappa shape index (κ1) is 48.1. The minimum absolute atomic E-state index is 0.0148. The number of benzene rings is 2. The number of hydrogen-bond acceptors (Lipinski definition) is 9. The van der Waals surface area contributed by atoms with Crippen molar-refractivity contribution in [3.63, 3.8) is 0 Å². The van der Waals surface area contributed by atoms with Gasteiger partial charge >= 0.3 is 12.5 Å². The molecule has 3 aliphatic heterocycles. The monoisotopic (exact) mass is 936 g/mol. The molecule has 0 unspecified atom stereocenters. The number of carbonyl (C=O) groups excluding carboxylic acids is 3. The number of carbonyl (C=O) groups is 4. The van der Waals surface area contributed by atoms with E-state index in [9.17, 15) is 37.5 Å². The Morgan fingerprint density at radius 1 is 0.939 bits per heavy atom. The summed E-state index contributed by atoms with van der Waals surface area (Å²) in [7, 11) is 0. The lowest BCUT2D eigenvalue weighted by Crippen LogP contribution is -2.56. The molecule has 4 aromatic rings. The number of alkyl halides is 3. The maximum absolute atomic E-state index is 14.2. The van der Waals surface area contributed by atoms with E-state index < -0.39 is 41.6 Å². The second kappa shape index (κ2) is 19.1. The summed E-state index contributed by atoms with van der Waals surface area (Å²) in [6, 6.07) is 10.7. The van der Waals surface area contributed by atoms with Crippen LogP contribution in [0.3, 0.4) is 0 Å². The third-order valence-corrected chi connectivity index (χ3v) is 12.7. The Morgan fingerprint density at radius 3 is 2.23 bits per heavy atom. The van der Waals surface area contributed by atoms with E-state index in [1.165, 1.54) is 12.3 Å². The van der Waals surface area contributed by atoms with Gasteiger partial charge in [0.05, 0.1) is 40.2 Å². The van der Waals surface area contributed by atoms with Crippen molar-refractivity contribution in [1.82, 2.24) is 30.1 Å². The molecule has 4 amide bonds. The van der Waals surface area contributed by atoms with Crippen molar-refractivity contribution < 1.29 is 46.9 Å². The van der Waals surface area contributed by atoms with Crippen LogP contribution in [-0.2, 0) is 14.3 Å². The Kier molecular flexibility index (Phi) is 13.9. The van der Waals surface area contributed by atoms with Gasteiger partial charge < -0.3 is 44.9 Å². The Bertz CT molecular complexity index is 2420. The summed E-state index contributed by atoms with van der Waals surface area (Å²) in [6.07, 6.45) is -1.90. The molecule has 2 aromatic carbocycles. The molecule has 6 atom stereocenters. The number of nitrogens with zero attached hydrogens (tertiary/aromatic N) is 5. The fourth-order valence-corrected chi connectivity index (χ4v) is 9.58.